The molecule has 0 spiro atoms. The molecule has 2 aromatic carbocycles. The molecule has 1 aliphatic rings. The van der Waals surface area contributed by atoms with Crippen molar-refractivity contribution < 1.29 is 27.9 Å². The average Bonchev–Trinajstić information content (AvgIpc) is 2.93. The Kier molecular flexibility index (Phi) is 4.86. The van der Waals surface area contributed by atoms with Crippen molar-refractivity contribution in [3.05, 3.63) is 42.0 Å². The number of ether oxygens (including phenoxy) is 1. The minimum Gasteiger partial charge on any atom is -0.506 e. The van der Waals surface area contributed by atoms with E-state index in [1.54, 1.807) is 24.3 Å². The number of sulfone groups is 1. The van der Waals surface area contributed by atoms with Gasteiger partial charge < -0.3 is 15.2 Å². The summed E-state index contributed by atoms with van der Waals surface area (Å²) in [4.78, 5) is 24.4. The summed E-state index contributed by atoms with van der Waals surface area (Å²) < 4.78 is 28.0. The van der Waals surface area contributed by atoms with Gasteiger partial charge in [-0.2, -0.15) is 0 Å². The quantitative estimate of drug-likeness (QED) is 0.780. The molecule has 1 fully saturated rings. The summed E-state index contributed by atoms with van der Waals surface area (Å²) in [5, 5.41) is 14.2. The van der Waals surface area contributed by atoms with Crippen molar-refractivity contribution in [1.82, 2.24) is 5.32 Å². The van der Waals surface area contributed by atoms with Gasteiger partial charge in [0.15, 0.2) is 15.9 Å². The highest BCUT2D eigenvalue weighted by Gasteiger charge is 2.31. The first-order valence-corrected chi connectivity index (χ1v) is 10.0. The van der Waals surface area contributed by atoms with Crippen LogP contribution in [0.5, 0.6) is 5.75 Å². The summed E-state index contributed by atoms with van der Waals surface area (Å²) in [7, 11) is -3.11. The SMILES string of the molecule is C[C@@H](OC(=O)c1ccc2ccccc2c1O)C(=O)N[C@@H]1CCS(=O)(=O)C1. The van der Waals surface area contributed by atoms with Gasteiger partial charge in [-0.25, -0.2) is 13.2 Å². The van der Waals surface area contributed by atoms with E-state index in [2.05, 4.69) is 5.32 Å². The van der Waals surface area contributed by atoms with Gasteiger partial charge in [-0.15, -0.1) is 0 Å². The Morgan fingerprint density at radius 2 is 1.96 bits per heavy atom. The molecule has 1 heterocycles. The van der Waals surface area contributed by atoms with Crippen molar-refractivity contribution in [1.29, 1.82) is 0 Å². The minimum atomic E-state index is -3.11. The molecule has 1 saturated heterocycles. The van der Waals surface area contributed by atoms with E-state index in [4.69, 9.17) is 4.74 Å². The number of esters is 1. The van der Waals surface area contributed by atoms with Gasteiger partial charge in [-0.05, 0) is 24.8 Å². The summed E-state index contributed by atoms with van der Waals surface area (Å²) in [6, 6.07) is 9.68. The largest absolute Gasteiger partial charge is 0.506 e. The number of benzene rings is 2. The fraction of sp³-hybridized carbons (Fsp3) is 0.333. The number of hydrogen-bond acceptors (Lipinski definition) is 6. The molecule has 0 unspecified atom stereocenters. The minimum absolute atomic E-state index is 0.0354. The molecule has 1 amide bonds. The molecule has 7 nitrogen and oxygen atoms in total. The maximum atomic E-state index is 12.3. The van der Waals surface area contributed by atoms with Gasteiger partial charge in [0.25, 0.3) is 5.91 Å². The molecular weight excluding hydrogens is 358 g/mol. The summed E-state index contributed by atoms with van der Waals surface area (Å²) in [5.41, 5.74) is -0.0354. The normalized spacial score (nSPS) is 19.8. The molecule has 8 heteroatoms. The molecule has 0 aromatic heterocycles. The average molecular weight is 377 g/mol. The van der Waals surface area contributed by atoms with Crippen LogP contribution in [0.2, 0.25) is 0 Å². The second-order valence-corrected chi connectivity index (χ2v) is 8.57. The molecule has 2 aromatic rings. The Balaban J connectivity index is 1.67. The molecule has 3 rings (SSSR count). The van der Waals surface area contributed by atoms with E-state index in [0.29, 0.717) is 11.8 Å². The first-order chi connectivity index (χ1) is 12.3. The number of amides is 1. The zero-order valence-corrected chi connectivity index (χ0v) is 15.0. The predicted molar refractivity (Wildman–Crippen MR) is 95.7 cm³/mol. The van der Waals surface area contributed by atoms with Crippen LogP contribution in [0.4, 0.5) is 0 Å². The van der Waals surface area contributed by atoms with Crippen molar-refractivity contribution in [3.63, 3.8) is 0 Å². The van der Waals surface area contributed by atoms with Crippen molar-refractivity contribution >= 4 is 32.5 Å². The second kappa shape index (κ2) is 6.95. The Labute approximate surface area is 150 Å². The van der Waals surface area contributed by atoms with Crippen LogP contribution >= 0.6 is 0 Å². The highest BCUT2D eigenvalue weighted by atomic mass is 32.2. The van der Waals surface area contributed by atoms with Gasteiger partial charge in [-0.1, -0.05) is 30.3 Å². The van der Waals surface area contributed by atoms with Crippen LogP contribution in [-0.2, 0) is 19.4 Å². The topological polar surface area (TPSA) is 110 Å². The van der Waals surface area contributed by atoms with Gasteiger partial charge in [0, 0.05) is 11.4 Å². The first kappa shape index (κ1) is 18.2. The summed E-state index contributed by atoms with van der Waals surface area (Å²) in [5.74, 6) is -1.67. The molecule has 26 heavy (non-hydrogen) atoms. The maximum Gasteiger partial charge on any atom is 0.342 e. The van der Waals surface area contributed by atoms with Crippen LogP contribution < -0.4 is 5.32 Å². The van der Waals surface area contributed by atoms with E-state index in [1.807, 2.05) is 6.07 Å². The third-order valence-corrected chi connectivity index (χ3v) is 6.12. The van der Waals surface area contributed by atoms with Crippen molar-refractivity contribution in [3.8, 4) is 5.75 Å². The number of fused-ring (bicyclic) bond motifs is 1. The second-order valence-electron chi connectivity index (χ2n) is 6.34. The smallest absolute Gasteiger partial charge is 0.342 e. The predicted octanol–water partition coefficient (Wildman–Crippen LogP) is 1.39. The molecule has 0 bridgehead atoms. The summed E-state index contributed by atoms with van der Waals surface area (Å²) in [6.07, 6.45) is -0.767. The Hall–Kier alpha value is -2.61. The van der Waals surface area contributed by atoms with Crippen molar-refractivity contribution in [2.75, 3.05) is 11.5 Å². The van der Waals surface area contributed by atoms with Crippen LogP contribution in [0.3, 0.4) is 0 Å². The lowest BCUT2D eigenvalue weighted by Gasteiger charge is -2.17. The fourth-order valence-electron chi connectivity index (χ4n) is 2.92. The van der Waals surface area contributed by atoms with Gasteiger partial charge in [0.1, 0.15) is 11.3 Å². The standard InChI is InChI=1S/C18H19NO6S/c1-11(17(21)19-13-8-9-26(23,24)10-13)25-18(22)15-7-6-12-4-2-3-5-14(12)16(15)20/h2-7,11,13,20H,8-10H2,1H3,(H,19,21)/t11-,13-/m1/s1. The molecule has 1 aliphatic heterocycles. The molecular formula is C18H19NO6S. The highest BCUT2D eigenvalue weighted by Crippen LogP contribution is 2.29. The van der Waals surface area contributed by atoms with Crippen molar-refractivity contribution in [2.24, 2.45) is 0 Å². The van der Waals surface area contributed by atoms with Gasteiger partial charge in [0.2, 0.25) is 0 Å². The molecule has 2 N–H and O–H groups in total. The number of aromatic hydroxyl groups is 1. The first-order valence-electron chi connectivity index (χ1n) is 8.19. The molecule has 0 aliphatic carbocycles. The van der Waals surface area contributed by atoms with Crippen LogP contribution in [0, 0.1) is 0 Å². The van der Waals surface area contributed by atoms with Gasteiger partial charge in [0.05, 0.1) is 11.5 Å². The lowest BCUT2D eigenvalue weighted by atomic mass is 10.1. The number of phenols is 1. The molecule has 2 atom stereocenters. The van der Waals surface area contributed by atoms with Gasteiger partial charge >= 0.3 is 5.97 Å². The number of hydrogen-bond donors (Lipinski definition) is 2. The Morgan fingerprint density at radius 1 is 1.23 bits per heavy atom. The fourth-order valence-corrected chi connectivity index (χ4v) is 4.60. The monoisotopic (exact) mass is 377 g/mol. The molecule has 138 valence electrons. The third kappa shape index (κ3) is 3.80. The summed E-state index contributed by atoms with van der Waals surface area (Å²) >= 11 is 0. The Bertz CT molecular complexity index is 969. The third-order valence-electron chi connectivity index (χ3n) is 4.35. The summed E-state index contributed by atoms with van der Waals surface area (Å²) in [6.45, 7) is 1.40. The lowest BCUT2D eigenvalue weighted by Crippen LogP contribution is -2.42. The maximum absolute atomic E-state index is 12.3. The number of nitrogens with one attached hydrogen (secondary N) is 1. The number of carbonyl (C=O) groups is 2. The highest BCUT2D eigenvalue weighted by molar-refractivity contribution is 7.91. The van der Waals surface area contributed by atoms with E-state index >= 15 is 0 Å². The zero-order valence-electron chi connectivity index (χ0n) is 14.1. The lowest BCUT2D eigenvalue weighted by molar-refractivity contribution is -0.129. The van der Waals surface area contributed by atoms with Crippen LogP contribution in [-0.4, -0.2) is 49.1 Å². The van der Waals surface area contributed by atoms with Gasteiger partial charge in [-0.3, -0.25) is 4.79 Å². The van der Waals surface area contributed by atoms with E-state index in [1.165, 1.54) is 13.0 Å². The van der Waals surface area contributed by atoms with E-state index in [9.17, 15) is 23.1 Å². The number of rotatable bonds is 4. The Morgan fingerprint density at radius 3 is 2.65 bits per heavy atom. The molecule has 0 saturated carbocycles. The number of phenolic OH excluding ortho intramolecular Hbond substituents is 1. The van der Waals surface area contributed by atoms with E-state index in [-0.39, 0.29) is 22.8 Å². The van der Waals surface area contributed by atoms with Crippen LogP contribution in [0.25, 0.3) is 10.8 Å². The van der Waals surface area contributed by atoms with Crippen molar-refractivity contribution in [2.45, 2.75) is 25.5 Å². The van der Waals surface area contributed by atoms with Crippen LogP contribution in [0.1, 0.15) is 23.7 Å². The number of carbonyl (C=O) groups excluding carboxylic acids is 2. The van der Waals surface area contributed by atoms with Crippen LogP contribution in [0.15, 0.2) is 36.4 Å². The van der Waals surface area contributed by atoms with E-state index in [0.717, 1.165) is 5.39 Å². The van der Waals surface area contributed by atoms with E-state index < -0.39 is 33.9 Å². The zero-order chi connectivity index (χ0) is 18.9. The molecule has 0 radical (unpaired) electrons.